The molecular weight excluding hydrogens is 274 g/mol. The zero-order chi connectivity index (χ0) is 15.4. The summed E-state index contributed by atoms with van der Waals surface area (Å²) in [6, 6.07) is 8.71. The SMILES string of the molecule is CC(C)C[C@@]1(c2cccc(O[C@@H]3CCCCO3)c2)CCNC1. The van der Waals surface area contributed by atoms with Crippen molar-refractivity contribution >= 4 is 0 Å². The summed E-state index contributed by atoms with van der Waals surface area (Å²) in [7, 11) is 0. The van der Waals surface area contributed by atoms with Crippen LogP contribution in [0.25, 0.3) is 0 Å². The molecular formula is C19H29NO2. The Balaban J connectivity index is 1.76. The molecule has 22 heavy (non-hydrogen) atoms. The van der Waals surface area contributed by atoms with E-state index in [-0.39, 0.29) is 11.7 Å². The molecule has 3 rings (SSSR count). The lowest BCUT2D eigenvalue weighted by atomic mass is 9.74. The molecule has 0 radical (unpaired) electrons. The molecule has 0 saturated carbocycles. The van der Waals surface area contributed by atoms with Crippen molar-refractivity contribution in [1.82, 2.24) is 5.32 Å². The van der Waals surface area contributed by atoms with Crippen LogP contribution in [0, 0.1) is 5.92 Å². The van der Waals surface area contributed by atoms with Gasteiger partial charge in [-0.15, -0.1) is 0 Å². The Labute approximate surface area is 134 Å². The van der Waals surface area contributed by atoms with Crippen molar-refractivity contribution in [2.45, 2.75) is 57.7 Å². The maximum Gasteiger partial charge on any atom is 0.199 e. The van der Waals surface area contributed by atoms with Crippen LogP contribution in [0.3, 0.4) is 0 Å². The van der Waals surface area contributed by atoms with Gasteiger partial charge in [-0.25, -0.2) is 0 Å². The quantitative estimate of drug-likeness (QED) is 0.895. The molecule has 122 valence electrons. The molecule has 3 heteroatoms. The van der Waals surface area contributed by atoms with Gasteiger partial charge < -0.3 is 14.8 Å². The molecule has 2 fully saturated rings. The fraction of sp³-hybridized carbons (Fsp3) is 0.684. The van der Waals surface area contributed by atoms with Gasteiger partial charge in [0.1, 0.15) is 5.75 Å². The van der Waals surface area contributed by atoms with Gasteiger partial charge in [0, 0.05) is 18.4 Å². The first-order valence-corrected chi connectivity index (χ1v) is 8.77. The Bertz CT molecular complexity index is 474. The third kappa shape index (κ3) is 3.64. The Kier molecular flexibility index (Phi) is 5.04. The van der Waals surface area contributed by atoms with E-state index in [4.69, 9.17) is 9.47 Å². The van der Waals surface area contributed by atoms with Crippen molar-refractivity contribution in [1.29, 1.82) is 0 Å². The summed E-state index contributed by atoms with van der Waals surface area (Å²) in [5.41, 5.74) is 1.68. The van der Waals surface area contributed by atoms with E-state index < -0.39 is 0 Å². The molecule has 2 heterocycles. The van der Waals surface area contributed by atoms with Crippen molar-refractivity contribution in [2.75, 3.05) is 19.7 Å². The highest BCUT2D eigenvalue weighted by molar-refractivity contribution is 5.35. The highest BCUT2D eigenvalue weighted by Gasteiger charge is 2.36. The summed E-state index contributed by atoms with van der Waals surface area (Å²) in [6.07, 6.45) is 5.74. The predicted octanol–water partition coefficient (Wildman–Crippen LogP) is 3.87. The van der Waals surface area contributed by atoms with Crippen LogP contribution in [0.2, 0.25) is 0 Å². The van der Waals surface area contributed by atoms with Gasteiger partial charge in [-0.3, -0.25) is 0 Å². The van der Waals surface area contributed by atoms with Crippen LogP contribution in [-0.2, 0) is 10.2 Å². The van der Waals surface area contributed by atoms with Gasteiger partial charge in [-0.05, 0) is 55.8 Å². The van der Waals surface area contributed by atoms with E-state index in [1.165, 1.54) is 24.8 Å². The standard InChI is InChI=1S/C19H29NO2/c1-15(2)13-19(9-10-20-14-19)16-6-5-7-17(12-16)22-18-8-3-4-11-21-18/h5-7,12,15,18,20H,3-4,8-11,13-14H2,1-2H3/t18-,19+/m1/s1. The molecule has 0 unspecified atom stereocenters. The van der Waals surface area contributed by atoms with Crippen LogP contribution >= 0.6 is 0 Å². The first kappa shape index (κ1) is 15.8. The van der Waals surface area contributed by atoms with Gasteiger partial charge in [0.05, 0.1) is 6.61 Å². The number of nitrogens with one attached hydrogen (secondary N) is 1. The van der Waals surface area contributed by atoms with Crippen LogP contribution in [0.5, 0.6) is 5.75 Å². The van der Waals surface area contributed by atoms with Crippen LogP contribution in [0.15, 0.2) is 24.3 Å². The molecule has 1 N–H and O–H groups in total. The van der Waals surface area contributed by atoms with Gasteiger partial charge >= 0.3 is 0 Å². The van der Waals surface area contributed by atoms with E-state index >= 15 is 0 Å². The van der Waals surface area contributed by atoms with E-state index in [0.717, 1.165) is 38.3 Å². The monoisotopic (exact) mass is 303 g/mol. The van der Waals surface area contributed by atoms with Crippen LogP contribution < -0.4 is 10.1 Å². The lowest BCUT2D eigenvalue weighted by Gasteiger charge is -2.31. The summed E-state index contributed by atoms with van der Waals surface area (Å²) in [5, 5.41) is 3.55. The highest BCUT2D eigenvalue weighted by Crippen LogP contribution is 2.38. The second-order valence-corrected chi connectivity index (χ2v) is 7.25. The molecule has 0 amide bonds. The maximum atomic E-state index is 6.06. The largest absolute Gasteiger partial charge is 0.465 e. The third-order valence-corrected chi connectivity index (χ3v) is 4.89. The van der Waals surface area contributed by atoms with E-state index in [0.29, 0.717) is 5.92 Å². The minimum absolute atomic E-state index is 0.0632. The van der Waals surface area contributed by atoms with Crippen LogP contribution in [0.1, 0.15) is 51.5 Å². The molecule has 0 spiro atoms. The number of benzene rings is 1. The Morgan fingerprint density at radius 2 is 2.27 bits per heavy atom. The third-order valence-electron chi connectivity index (χ3n) is 4.89. The molecule has 0 aromatic heterocycles. The number of ether oxygens (including phenoxy) is 2. The fourth-order valence-corrected chi connectivity index (χ4v) is 3.92. The predicted molar refractivity (Wildman–Crippen MR) is 89.3 cm³/mol. The fourth-order valence-electron chi connectivity index (χ4n) is 3.92. The van der Waals surface area contributed by atoms with Crippen molar-refractivity contribution < 1.29 is 9.47 Å². The topological polar surface area (TPSA) is 30.5 Å². The maximum absolute atomic E-state index is 6.06. The Morgan fingerprint density at radius 3 is 2.95 bits per heavy atom. The van der Waals surface area contributed by atoms with E-state index in [1.54, 1.807) is 0 Å². The molecule has 1 aromatic carbocycles. The highest BCUT2D eigenvalue weighted by atomic mass is 16.7. The molecule has 2 aliphatic heterocycles. The normalized spacial score (nSPS) is 29.0. The number of hydrogen-bond donors (Lipinski definition) is 1. The van der Waals surface area contributed by atoms with E-state index in [1.807, 2.05) is 0 Å². The summed E-state index contributed by atoms with van der Waals surface area (Å²) >= 11 is 0. The molecule has 2 aliphatic rings. The Hall–Kier alpha value is -1.06. The summed E-state index contributed by atoms with van der Waals surface area (Å²) in [4.78, 5) is 0. The van der Waals surface area contributed by atoms with E-state index in [2.05, 4.69) is 43.4 Å². The smallest absolute Gasteiger partial charge is 0.199 e. The first-order chi connectivity index (χ1) is 10.7. The second-order valence-electron chi connectivity index (χ2n) is 7.25. The summed E-state index contributed by atoms with van der Waals surface area (Å²) in [6.45, 7) is 7.65. The van der Waals surface area contributed by atoms with Gasteiger partial charge in [0.2, 0.25) is 0 Å². The Morgan fingerprint density at radius 1 is 1.36 bits per heavy atom. The number of rotatable bonds is 5. The first-order valence-electron chi connectivity index (χ1n) is 8.77. The average molecular weight is 303 g/mol. The van der Waals surface area contributed by atoms with Gasteiger partial charge in [-0.1, -0.05) is 26.0 Å². The van der Waals surface area contributed by atoms with E-state index in [9.17, 15) is 0 Å². The summed E-state index contributed by atoms with van der Waals surface area (Å²) < 4.78 is 11.8. The van der Waals surface area contributed by atoms with Crippen LogP contribution in [-0.4, -0.2) is 26.0 Å². The van der Waals surface area contributed by atoms with Crippen molar-refractivity contribution in [3.05, 3.63) is 29.8 Å². The van der Waals surface area contributed by atoms with Crippen molar-refractivity contribution in [3.63, 3.8) is 0 Å². The molecule has 2 saturated heterocycles. The molecule has 3 nitrogen and oxygen atoms in total. The number of hydrogen-bond acceptors (Lipinski definition) is 3. The second kappa shape index (κ2) is 7.01. The average Bonchev–Trinajstić information content (AvgIpc) is 2.97. The van der Waals surface area contributed by atoms with Gasteiger partial charge in [-0.2, -0.15) is 0 Å². The molecule has 2 atom stereocenters. The zero-order valence-corrected chi connectivity index (χ0v) is 13.9. The van der Waals surface area contributed by atoms with Crippen molar-refractivity contribution in [2.24, 2.45) is 5.92 Å². The van der Waals surface area contributed by atoms with Gasteiger partial charge in [0.15, 0.2) is 6.29 Å². The molecule has 1 aromatic rings. The minimum Gasteiger partial charge on any atom is -0.465 e. The van der Waals surface area contributed by atoms with Crippen LogP contribution in [0.4, 0.5) is 0 Å². The lowest BCUT2D eigenvalue weighted by Crippen LogP contribution is -2.31. The van der Waals surface area contributed by atoms with Crippen molar-refractivity contribution in [3.8, 4) is 5.75 Å². The molecule has 0 aliphatic carbocycles. The lowest BCUT2D eigenvalue weighted by molar-refractivity contribution is -0.105. The zero-order valence-electron chi connectivity index (χ0n) is 13.9. The van der Waals surface area contributed by atoms with Gasteiger partial charge in [0.25, 0.3) is 0 Å². The minimum atomic E-state index is -0.0632. The summed E-state index contributed by atoms with van der Waals surface area (Å²) in [5.74, 6) is 1.66. The molecule has 0 bridgehead atoms.